The monoisotopic (exact) mass is 326 g/mol. The van der Waals surface area contributed by atoms with E-state index in [0.717, 1.165) is 19.3 Å². The van der Waals surface area contributed by atoms with Crippen molar-refractivity contribution in [2.45, 2.75) is 38.3 Å². The van der Waals surface area contributed by atoms with Crippen LogP contribution in [-0.2, 0) is 0 Å². The van der Waals surface area contributed by atoms with E-state index in [1.54, 1.807) is 23.2 Å². The molecule has 6 heteroatoms. The lowest BCUT2D eigenvalue weighted by Crippen LogP contribution is -2.52. The first-order chi connectivity index (χ1) is 11.6. The second kappa shape index (κ2) is 6.97. The molecule has 0 aromatic carbocycles. The number of carbonyl (C=O) groups excluding carboxylic acids is 1. The minimum Gasteiger partial charge on any atom is -0.334 e. The molecule has 0 aliphatic carbocycles. The van der Waals surface area contributed by atoms with E-state index in [1.807, 2.05) is 25.1 Å². The number of carbonyl (C=O) groups is 1. The third-order valence-corrected chi connectivity index (χ3v) is 4.50. The molecule has 1 aliphatic rings. The van der Waals surface area contributed by atoms with E-state index in [9.17, 15) is 9.59 Å². The van der Waals surface area contributed by atoms with Crippen molar-refractivity contribution in [1.82, 2.24) is 14.9 Å². The van der Waals surface area contributed by atoms with Crippen molar-refractivity contribution >= 4 is 5.91 Å². The van der Waals surface area contributed by atoms with Gasteiger partial charge in [-0.05, 0) is 50.5 Å². The first kappa shape index (κ1) is 16.4. The molecule has 1 fully saturated rings. The largest absolute Gasteiger partial charge is 0.334 e. The van der Waals surface area contributed by atoms with Gasteiger partial charge in [-0.2, -0.15) is 0 Å². The van der Waals surface area contributed by atoms with E-state index in [0.29, 0.717) is 17.9 Å². The van der Waals surface area contributed by atoms with Crippen LogP contribution >= 0.6 is 0 Å². The fourth-order valence-electron chi connectivity index (χ4n) is 3.22. The lowest BCUT2D eigenvalue weighted by Gasteiger charge is -2.37. The summed E-state index contributed by atoms with van der Waals surface area (Å²) in [6.07, 6.45) is 4.55. The molecule has 0 saturated carbocycles. The molecule has 1 aliphatic heterocycles. The Labute approximate surface area is 140 Å². The second-order valence-electron chi connectivity index (χ2n) is 6.25. The van der Waals surface area contributed by atoms with Crippen LogP contribution in [0.2, 0.25) is 0 Å². The lowest BCUT2D eigenvalue weighted by atomic mass is 9.96. The average molecular weight is 326 g/mol. The summed E-state index contributed by atoms with van der Waals surface area (Å²) in [5.41, 5.74) is 7.05. The number of pyridine rings is 2. The quantitative estimate of drug-likeness (QED) is 0.899. The molecular formula is C18H22N4O2. The van der Waals surface area contributed by atoms with Crippen LogP contribution in [0, 0.1) is 0 Å². The second-order valence-corrected chi connectivity index (χ2v) is 6.25. The third-order valence-electron chi connectivity index (χ3n) is 4.50. The number of hydrogen-bond donors (Lipinski definition) is 2. The number of amides is 1. The van der Waals surface area contributed by atoms with E-state index in [-0.39, 0.29) is 23.6 Å². The fourth-order valence-corrected chi connectivity index (χ4v) is 3.22. The highest BCUT2D eigenvalue weighted by Gasteiger charge is 2.30. The van der Waals surface area contributed by atoms with E-state index in [2.05, 4.69) is 9.97 Å². The zero-order chi connectivity index (χ0) is 17.1. The Hall–Kier alpha value is -2.47. The number of nitrogens with two attached hydrogens (primary N) is 1. The SMILES string of the molecule is C[C@@H](N)[C@@H]1CCCCN1C(=O)c1ccc(-c2ccccn2)[nH]c1=O. The summed E-state index contributed by atoms with van der Waals surface area (Å²) in [7, 11) is 0. The first-order valence-corrected chi connectivity index (χ1v) is 8.29. The average Bonchev–Trinajstić information content (AvgIpc) is 2.62. The van der Waals surface area contributed by atoms with Crippen molar-refractivity contribution in [2.24, 2.45) is 5.73 Å². The fraction of sp³-hybridized carbons (Fsp3) is 0.389. The van der Waals surface area contributed by atoms with Gasteiger partial charge in [0.1, 0.15) is 5.56 Å². The molecule has 2 aromatic heterocycles. The van der Waals surface area contributed by atoms with Crippen molar-refractivity contribution in [1.29, 1.82) is 0 Å². The Kier molecular flexibility index (Phi) is 4.76. The highest BCUT2D eigenvalue weighted by atomic mass is 16.2. The first-order valence-electron chi connectivity index (χ1n) is 8.29. The molecule has 3 rings (SSSR count). The van der Waals surface area contributed by atoms with Gasteiger partial charge in [0.05, 0.1) is 11.4 Å². The van der Waals surface area contributed by atoms with Crippen LogP contribution in [0.4, 0.5) is 0 Å². The maximum atomic E-state index is 12.8. The Morgan fingerprint density at radius 2 is 2.17 bits per heavy atom. The van der Waals surface area contributed by atoms with Gasteiger partial charge in [-0.1, -0.05) is 6.07 Å². The minimum absolute atomic E-state index is 0.0129. The summed E-state index contributed by atoms with van der Waals surface area (Å²) in [5, 5.41) is 0. The Bertz CT molecular complexity index is 770. The molecule has 3 N–H and O–H groups in total. The topological polar surface area (TPSA) is 92.1 Å². The third kappa shape index (κ3) is 3.23. The van der Waals surface area contributed by atoms with E-state index in [4.69, 9.17) is 5.73 Å². The zero-order valence-corrected chi connectivity index (χ0v) is 13.7. The summed E-state index contributed by atoms with van der Waals surface area (Å²) >= 11 is 0. The minimum atomic E-state index is -0.392. The van der Waals surface area contributed by atoms with Gasteiger partial charge in [0.2, 0.25) is 0 Å². The van der Waals surface area contributed by atoms with Crippen LogP contribution in [-0.4, -0.2) is 39.4 Å². The summed E-state index contributed by atoms with van der Waals surface area (Å²) in [5.74, 6) is -0.245. The number of nitrogens with one attached hydrogen (secondary N) is 1. The number of piperidine rings is 1. The van der Waals surface area contributed by atoms with E-state index < -0.39 is 5.56 Å². The Morgan fingerprint density at radius 3 is 2.83 bits per heavy atom. The summed E-state index contributed by atoms with van der Waals surface area (Å²) in [4.78, 5) is 33.9. The van der Waals surface area contributed by atoms with E-state index >= 15 is 0 Å². The number of rotatable bonds is 3. The molecule has 0 bridgehead atoms. The normalized spacial score (nSPS) is 19.1. The number of likely N-dealkylation sites (tertiary alicyclic amines) is 1. The molecular weight excluding hydrogens is 304 g/mol. The molecule has 0 spiro atoms. The van der Waals surface area contributed by atoms with Gasteiger partial charge in [-0.25, -0.2) is 0 Å². The van der Waals surface area contributed by atoms with Gasteiger partial charge < -0.3 is 15.6 Å². The van der Waals surface area contributed by atoms with Crippen molar-refractivity contribution < 1.29 is 4.79 Å². The maximum Gasteiger partial charge on any atom is 0.261 e. The lowest BCUT2D eigenvalue weighted by molar-refractivity contribution is 0.0582. The Morgan fingerprint density at radius 1 is 1.33 bits per heavy atom. The van der Waals surface area contributed by atoms with Crippen LogP contribution in [0.25, 0.3) is 11.4 Å². The summed E-state index contributed by atoms with van der Waals surface area (Å²) < 4.78 is 0. The summed E-state index contributed by atoms with van der Waals surface area (Å²) in [6.45, 7) is 2.55. The van der Waals surface area contributed by atoms with Crippen LogP contribution in [0.5, 0.6) is 0 Å². The van der Waals surface area contributed by atoms with Gasteiger partial charge in [0.25, 0.3) is 11.5 Å². The number of hydrogen-bond acceptors (Lipinski definition) is 4. The van der Waals surface area contributed by atoms with Gasteiger partial charge >= 0.3 is 0 Å². The van der Waals surface area contributed by atoms with Gasteiger partial charge in [-0.3, -0.25) is 14.6 Å². The smallest absolute Gasteiger partial charge is 0.261 e. The molecule has 1 amide bonds. The predicted octanol–water partition coefficient (Wildman–Crippen LogP) is 1.78. The zero-order valence-electron chi connectivity index (χ0n) is 13.7. The highest BCUT2D eigenvalue weighted by Crippen LogP contribution is 2.21. The van der Waals surface area contributed by atoms with Crippen molar-refractivity contribution in [3.63, 3.8) is 0 Å². The van der Waals surface area contributed by atoms with Crippen LogP contribution in [0.3, 0.4) is 0 Å². The molecule has 0 unspecified atom stereocenters. The van der Waals surface area contributed by atoms with Gasteiger partial charge in [-0.15, -0.1) is 0 Å². The maximum absolute atomic E-state index is 12.8. The summed E-state index contributed by atoms with van der Waals surface area (Å²) in [6, 6.07) is 8.65. The number of aromatic amines is 1. The van der Waals surface area contributed by atoms with E-state index in [1.165, 1.54) is 0 Å². The molecule has 24 heavy (non-hydrogen) atoms. The van der Waals surface area contributed by atoms with Crippen molar-refractivity contribution in [2.75, 3.05) is 6.54 Å². The van der Waals surface area contributed by atoms with Crippen molar-refractivity contribution in [3.8, 4) is 11.4 Å². The predicted molar refractivity (Wildman–Crippen MR) is 92.6 cm³/mol. The number of nitrogens with zero attached hydrogens (tertiary/aromatic N) is 2. The molecule has 0 radical (unpaired) electrons. The van der Waals surface area contributed by atoms with Gasteiger partial charge in [0, 0.05) is 24.8 Å². The van der Waals surface area contributed by atoms with Crippen LogP contribution < -0.4 is 11.3 Å². The molecule has 2 atom stereocenters. The number of aromatic nitrogens is 2. The highest BCUT2D eigenvalue weighted by molar-refractivity contribution is 5.94. The Balaban J connectivity index is 1.89. The number of H-pyrrole nitrogens is 1. The molecule has 1 saturated heterocycles. The van der Waals surface area contributed by atoms with Gasteiger partial charge in [0.15, 0.2) is 0 Å². The van der Waals surface area contributed by atoms with Crippen LogP contribution in [0.15, 0.2) is 41.3 Å². The molecule has 2 aromatic rings. The van der Waals surface area contributed by atoms with Crippen LogP contribution in [0.1, 0.15) is 36.5 Å². The van der Waals surface area contributed by atoms with Crippen molar-refractivity contribution in [3.05, 3.63) is 52.4 Å². The molecule has 3 heterocycles. The molecule has 126 valence electrons. The standard InChI is InChI=1S/C18H22N4O2/c1-12(19)16-7-3-5-11-22(16)18(24)13-8-9-15(21-17(13)23)14-6-2-4-10-20-14/h2,4,6,8-10,12,16H,3,5,7,11,19H2,1H3,(H,21,23)/t12-,16+/m1/s1. The molecule has 6 nitrogen and oxygen atoms in total.